The van der Waals surface area contributed by atoms with Crippen LogP contribution in [-0.4, -0.2) is 14.2 Å². The molecule has 3 nitrogen and oxygen atoms in total. The number of sulfonamides is 1. The van der Waals surface area contributed by atoms with Crippen molar-refractivity contribution in [2.45, 2.75) is 39.5 Å². The van der Waals surface area contributed by atoms with Gasteiger partial charge in [-0.1, -0.05) is 69.3 Å². The smallest absolute Gasteiger partial charge is 0.233 e. The molecule has 0 aliphatic rings. The second-order valence-corrected chi connectivity index (χ2v) is 8.16. The van der Waals surface area contributed by atoms with E-state index in [0.29, 0.717) is 0 Å². The summed E-state index contributed by atoms with van der Waals surface area (Å²) in [6.07, 6.45) is 0. The van der Waals surface area contributed by atoms with Crippen molar-refractivity contribution in [2.24, 2.45) is 0 Å². The first-order valence-corrected chi connectivity index (χ1v) is 9.60. The third-order valence-corrected chi connectivity index (χ3v) is 5.48. The number of hydrogen-bond donors (Lipinski definition) is 1. The van der Waals surface area contributed by atoms with Crippen molar-refractivity contribution in [1.29, 1.82) is 0 Å². The molecule has 23 heavy (non-hydrogen) atoms. The maximum atomic E-state index is 12.6. The van der Waals surface area contributed by atoms with Crippen LogP contribution in [0.3, 0.4) is 0 Å². The van der Waals surface area contributed by atoms with Gasteiger partial charge in [0.05, 0.1) is 11.4 Å². The lowest BCUT2D eigenvalue weighted by Crippen LogP contribution is -2.22. The Hall–Kier alpha value is -1.81. The molecule has 1 atom stereocenters. The molecule has 0 bridgehead atoms. The Morgan fingerprint density at radius 2 is 1.61 bits per heavy atom. The zero-order chi connectivity index (χ0) is 17.0. The minimum absolute atomic E-state index is 0.0554. The van der Waals surface area contributed by atoms with Crippen molar-refractivity contribution in [3.05, 3.63) is 65.2 Å². The molecule has 0 saturated carbocycles. The molecule has 2 aromatic rings. The normalized spacial score (nSPS) is 13.1. The average molecular weight is 331 g/mol. The Morgan fingerprint density at radius 3 is 2.22 bits per heavy atom. The summed E-state index contributed by atoms with van der Waals surface area (Å²) in [6, 6.07) is 15.6. The van der Waals surface area contributed by atoms with E-state index in [9.17, 15) is 8.42 Å². The fraction of sp³-hybridized carbons (Fsp3) is 0.368. The van der Waals surface area contributed by atoms with E-state index in [1.807, 2.05) is 62.4 Å². The van der Waals surface area contributed by atoms with Crippen LogP contribution in [0, 0.1) is 6.92 Å². The summed E-state index contributed by atoms with van der Waals surface area (Å²) in [5, 5.41) is 0. The Bertz CT molecular complexity index is 752. The standard InChI is InChI=1S/C19H25NO2S/c1-14(2)18-12-8-9-15(3)19(18)20-23(21,22)13-16(4)17-10-6-5-7-11-17/h5-12,14,16,20H,13H2,1-4H3/t16-/m0/s1. The molecule has 0 saturated heterocycles. The van der Waals surface area contributed by atoms with E-state index in [1.54, 1.807) is 0 Å². The highest BCUT2D eigenvalue weighted by Gasteiger charge is 2.20. The Morgan fingerprint density at radius 1 is 0.957 bits per heavy atom. The van der Waals surface area contributed by atoms with Crippen molar-refractivity contribution in [3.63, 3.8) is 0 Å². The van der Waals surface area contributed by atoms with Gasteiger partial charge in [-0.3, -0.25) is 4.72 Å². The van der Waals surface area contributed by atoms with Crippen molar-refractivity contribution in [3.8, 4) is 0 Å². The van der Waals surface area contributed by atoms with Gasteiger partial charge in [0, 0.05) is 0 Å². The third kappa shape index (κ3) is 4.58. The molecule has 0 radical (unpaired) electrons. The molecule has 0 amide bonds. The largest absolute Gasteiger partial charge is 0.283 e. The van der Waals surface area contributed by atoms with Crippen molar-refractivity contribution in [2.75, 3.05) is 10.5 Å². The first kappa shape index (κ1) is 17.5. The lowest BCUT2D eigenvalue weighted by Gasteiger charge is -2.19. The maximum Gasteiger partial charge on any atom is 0.233 e. The van der Waals surface area contributed by atoms with Crippen LogP contribution >= 0.6 is 0 Å². The summed E-state index contributed by atoms with van der Waals surface area (Å²) in [5.41, 5.74) is 3.74. The van der Waals surface area contributed by atoms with Gasteiger partial charge in [0.25, 0.3) is 0 Å². The van der Waals surface area contributed by atoms with Gasteiger partial charge in [-0.25, -0.2) is 8.42 Å². The molecule has 2 rings (SSSR count). The Balaban J connectivity index is 2.22. The van der Waals surface area contributed by atoms with Gasteiger partial charge in [0.1, 0.15) is 0 Å². The predicted molar refractivity (Wildman–Crippen MR) is 97.5 cm³/mol. The summed E-state index contributed by atoms with van der Waals surface area (Å²) in [6.45, 7) is 8.01. The molecule has 0 aliphatic heterocycles. The number of nitrogens with one attached hydrogen (secondary N) is 1. The lowest BCUT2D eigenvalue weighted by molar-refractivity contribution is 0.595. The number of anilines is 1. The molecule has 0 spiro atoms. The van der Waals surface area contributed by atoms with Gasteiger partial charge in [-0.05, 0) is 35.4 Å². The second-order valence-electron chi connectivity index (χ2n) is 6.39. The fourth-order valence-corrected chi connectivity index (χ4v) is 4.24. The first-order chi connectivity index (χ1) is 10.8. The van der Waals surface area contributed by atoms with Crippen molar-refractivity contribution >= 4 is 15.7 Å². The molecule has 0 heterocycles. The summed E-state index contributed by atoms with van der Waals surface area (Å²) >= 11 is 0. The SMILES string of the molecule is Cc1cccc(C(C)C)c1NS(=O)(=O)C[C@H](C)c1ccccc1. The lowest BCUT2D eigenvalue weighted by atomic mass is 9.99. The quantitative estimate of drug-likeness (QED) is 0.836. The minimum Gasteiger partial charge on any atom is -0.283 e. The monoisotopic (exact) mass is 331 g/mol. The molecule has 0 aromatic heterocycles. The second kappa shape index (κ2) is 7.18. The molecular weight excluding hydrogens is 306 g/mol. The van der Waals surface area contributed by atoms with Crippen molar-refractivity contribution < 1.29 is 8.42 Å². The van der Waals surface area contributed by atoms with E-state index >= 15 is 0 Å². The van der Waals surface area contributed by atoms with Crippen molar-refractivity contribution in [1.82, 2.24) is 0 Å². The van der Waals surface area contributed by atoms with E-state index < -0.39 is 10.0 Å². The van der Waals surface area contributed by atoms with Crippen LogP contribution in [0.2, 0.25) is 0 Å². The highest BCUT2D eigenvalue weighted by atomic mass is 32.2. The molecule has 124 valence electrons. The molecule has 0 fully saturated rings. The number of aryl methyl sites for hydroxylation is 1. The zero-order valence-electron chi connectivity index (χ0n) is 14.2. The van der Waals surface area contributed by atoms with Gasteiger partial charge in [-0.15, -0.1) is 0 Å². The summed E-state index contributed by atoms with van der Waals surface area (Å²) in [5.74, 6) is 0.280. The average Bonchev–Trinajstić information content (AvgIpc) is 2.49. The summed E-state index contributed by atoms with van der Waals surface area (Å²) < 4.78 is 28.0. The minimum atomic E-state index is -3.41. The number of para-hydroxylation sites is 1. The molecule has 4 heteroatoms. The van der Waals surface area contributed by atoms with Gasteiger partial charge in [0.15, 0.2) is 0 Å². The molecule has 0 unspecified atom stereocenters. The highest BCUT2D eigenvalue weighted by molar-refractivity contribution is 7.92. The molecular formula is C19H25NO2S. The van der Waals surface area contributed by atoms with Gasteiger partial charge in [0.2, 0.25) is 10.0 Å². The van der Waals surface area contributed by atoms with Crippen LogP contribution in [0.1, 0.15) is 49.3 Å². The molecule has 1 N–H and O–H groups in total. The van der Waals surface area contributed by atoms with Gasteiger partial charge < -0.3 is 0 Å². The predicted octanol–water partition coefficient (Wildman–Crippen LogP) is 4.66. The van der Waals surface area contributed by atoms with Gasteiger partial charge in [-0.2, -0.15) is 0 Å². The van der Waals surface area contributed by atoms with Crippen LogP contribution in [0.15, 0.2) is 48.5 Å². The van der Waals surface area contributed by atoms with E-state index in [2.05, 4.69) is 18.6 Å². The maximum absolute atomic E-state index is 12.6. The van der Waals surface area contributed by atoms with Crippen LogP contribution in [0.4, 0.5) is 5.69 Å². The van der Waals surface area contributed by atoms with Crippen LogP contribution in [0.5, 0.6) is 0 Å². The van der Waals surface area contributed by atoms with E-state index in [-0.39, 0.29) is 17.6 Å². The third-order valence-electron chi connectivity index (χ3n) is 4.02. The summed E-state index contributed by atoms with van der Waals surface area (Å²) in [4.78, 5) is 0. The summed E-state index contributed by atoms with van der Waals surface area (Å²) in [7, 11) is -3.41. The topological polar surface area (TPSA) is 46.2 Å². The Kier molecular flexibility index (Phi) is 5.47. The molecule has 0 aliphatic carbocycles. The number of benzene rings is 2. The van der Waals surface area contributed by atoms with E-state index in [4.69, 9.17) is 0 Å². The zero-order valence-corrected chi connectivity index (χ0v) is 15.0. The highest BCUT2D eigenvalue weighted by Crippen LogP contribution is 2.29. The van der Waals surface area contributed by atoms with Crippen LogP contribution in [-0.2, 0) is 10.0 Å². The number of rotatable bonds is 6. The number of hydrogen-bond acceptors (Lipinski definition) is 2. The molecule has 2 aromatic carbocycles. The Labute approximate surface area is 139 Å². The van der Waals surface area contributed by atoms with Crippen LogP contribution < -0.4 is 4.72 Å². The van der Waals surface area contributed by atoms with Crippen LogP contribution in [0.25, 0.3) is 0 Å². The van der Waals surface area contributed by atoms with Gasteiger partial charge >= 0.3 is 0 Å². The van der Waals surface area contributed by atoms with E-state index in [1.165, 1.54) is 0 Å². The first-order valence-electron chi connectivity index (χ1n) is 7.95. The van der Waals surface area contributed by atoms with E-state index in [0.717, 1.165) is 22.4 Å². The fourth-order valence-electron chi connectivity index (χ4n) is 2.72.